The van der Waals surface area contributed by atoms with Crippen molar-refractivity contribution in [2.24, 2.45) is 0 Å². The van der Waals surface area contributed by atoms with Crippen LogP contribution in [-0.4, -0.2) is 13.7 Å². The molecule has 0 aliphatic heterocycles. The number of hydrogen-bond donors (Lipinski definition) is 0. The van der Waals surface area contributed by atoms with Crippen LogP contribution in [0.3, 0.4) is 0 Å². The first-order chi connectivity index (χ1) is 20.1. The Hall–Kier alpha value is -5.57. The number of para-hydroxylation sites is 1. The number of rotatable bonds is 3. The highest BCUT2D eigenvalue weighted by atomic mass is 32.1. The lowest BCUT2D eigenvalue weighted by Crippen LogP contribution is -1.96. The molecular weight excluding hydrogens is 536 g/mol. The van der Waals surface area contributed by atoms with E-state index < -0.39 is 11.6 Å². The summed E-state index contributed by atoms with van der Waals surface area (Å²) in [5.74, 6) is -1.71. The van der Waals surface area contributed by atoms with E-state index in [1.165, 1.54) is 0 Å². The predicted octanol–water partition coefficient (Wildman–Crippen LogP) is 9.09. The zero-order valence-corrected chi connectivity index (χ0v) is 21.9. The van der Waals surface area contributed by atoms with E-state index in [1.807, 2.05) is 66.7 Å². The number of aromatic nitrogens is 3. The van der Waals surface area contributed by atoms with Crippen LogP contribution in [0.25, 0.3) is 71.1 Å². The summed E-state index contributed by atoms with van der Waals surface area (Å²) in [6, 6.07) is 28.4. The normalized spacial score (nSPS) is 11.1. The number of benzene rings is 5. The average Bonchev–Trinajstić information content (AvgIpc) is 3.50. The molecule has 0 aliphatic rings. The highest BCUT2D eigenvalue weighted by Gasteiger charge is 2.23. The molecule has 0 radical (unpaired) electrons. The Kier molecular flexibility index (Phi) is 5.71. The van der Waals surface area contributed by atoms with Gasteiger partial charge in [-0.15, -0.1) is 0 Å². The predicted molar refractivity (Wildman–Crippen MR) is 157 cm³/mol. The molecule has 0 unspecified atom stereocenters. The molecule has 2 heterocycles. The largest absolute Gasteiger partial charge is 0.247 e. The monoisotopic (exact) mass is 551 g/mol. The SMILES string of the molecule is [C-]#[N+]c1ccccc1-c1ccc2c(c1)nc(-c1ccccc1)c1cc(-c3c(F)cc(C#N)cc3F)c3nsnc3c12. The minimum Gasteiger partial charge on any atom is -0.247 e. The van der Waals surface area contributed by atoms with Crippen LogP contribution in [0.1, 0.15) is 5.56 Å². The molecule has 5 aromatic carbocycles. The molecule has 0 fully saturated rings. The maximum Gasteiger partial charge on any atom is 0.194 e. The van der Waals surface area contributed by atoms with Gasteiger partial charge in [0.15, 0.2) is 5.69 Å². The topological polar surface area (TPSA) is 66.8 Å². The van der Waals surface area contributed by atoms with E-state index in [9.17, 15) is 5.26 Å². The molecule has 0 saturated carbocycles. The Morgan fingerprint density at radius 3 is 2.24 bits per heavy atom. The molecule has 41 heavy (non-hydrogen) atoms. The molecule has 5 nitrogen and oxygen atoms in total. The Morgan fingerprint density at radius 1 is 0.756 bits per heavy atom. The smallest absolute Gasteiger partial charge is 0.194 e. The van der Waals surface area contributed by atoms with Gasteiger partial charge in [-0.05, 0) is 35.4 Å². The van der Waals surface area contributed by atoms with E-state index in [0.29, 0.717) is 33.3 Å². The maximum atomic E-state index is 15.3. The van der Waals surface area contributed by atoms with Crippen LogP contribution in [0.15, 0.2) is 91.0 Å². The van der Waals surface area contributed by atoms with E-state index in [2.05, 4.69) is 13.6 Å². The number of halogens is 2. The molecule has 0 aliphatic carbocycles. The Morgan fingerprint density at radius 2 is 1.49 bits per heavy atom. The van der Waals surface area contributed by atoms with E-state index in [1.54, 1.807) is 18.2 Å². The fraction of sp³-hybridized carbons (Fsp3) is 0. The summed E-state index contributed by atoms with van der Waals surface area (Å²) in [5, 5.41) is 11.4. The molecule has 0 amide bonds. The lowest BCUT2D eigenvalue weighted by Gasteiger charge is -2.15. The van der Waals surface area contributed by atoms with Crippen LogP contribution in [0.2, 0.25) is 0 Å². The van der Waals surface area contributed by atoms with Crippen molar-refractivity contribution in [1.82, 2.24) is 13.7 Å². The van der Waals surface area contributed by atoms with Gasteiger partial charge in [0.25, 0.3) is 0 Å². The van der Waals surface area contributed by atoms with Gasteiger partial charge in [-0.25, -0.2) is 18.6 Å². The summed E-state index contributed by atoms with van der Waals surface area (Å²) in [5.41, 5.74) is 5.04. The third-order valence-electron chi connectivity index (χ3n) is 7.12. The Labute approximate surface area is 236 Å². The van der Waals surface area contributed by atoms with Gasteiger partial charge in [-0.1, -0.05) is 66.7 Å². The minimum absolute atomic E-state index is 0.106. The van der Waals surface area contributed by atoms with Crippen molar-refractivity contribution in [3.8, 4) is 39.6 Å². The van der Waals surface area contributed by atoms with Crippen molar-refractivity contribution in [2.75, 3.05) is 0 Å². The molecule has 0 spiro atoms. The van der Waals surface area contributed by atoms with Crippen molar-refractivity contribution in [2.45, 2.75) is 0 Å². The first-order valence-corrected chi connectivity index (χ1v) is 13.2. The van der Waals surface area contributed by atoms with Crippen LogP contribution in [0.4, 0.5) is 14.5 Å². The number of nitrogens with zero attached hydrogens (tertiary/aromatic N) is 5. The van der Waals surface area contributed by atoms with Crippen LogP contribution in [0, 0.1) is 29.5 Å². The van der Waals surface area contributed by atoms with E-state index in [0.717, 1.165) is 51.3 Å². The van der Waals surface area contributed by atoms with Gasteiger partial charge in [0.05, 0.1) is 46.7 Å². The zero-order chi connectivity index (χ0) is 28.1. The maximum absolute atomic E-state index is 15.3. The van der Waals surface area contributed by atoms with Crippen molar-refractivity contribution in [3.05, 3.63) is 120 Å². The third kappa shape index (κ3) is 3.89. The van der Waals surface area contributed by atoms with Gasteiger partial charge in [0.2, 0.25) is 0 Å². The van der Waals surface area contributed by atoms with Gasteiger partial charge in [0.1, 0.15) is 22.7 Å². The second-order valence-corrected chi connectivity index (χ2v) is 9.95. The molecule has 192 valence electrons. The number of fused-ring (bicyclic) bond motifs is 5. The van der Waals surface area contributed by atoms with Gasteiger partial charge in [-0.2, -0.15) is 14.0 Å². The van der Waals surface area contributed by atoms with E-state index in [4.69, 9.17) is 11.6 Å². The lowest BCUT2D eigenvalue weighted by atomic mass is 9.92. The third-order valence-corrected chi connectivity index (χ3v) is 7.64. The number of hydrogen-bond acceptors (Lipinski definition) is 5. The summed E-state index contributed by atoms with van der Waals surface area (Å²) in [7, 11) is 0. The van der Waals surface area contributed by atoms with Crippen molar-refractivity contribution >= 4 is 50.1 Å². The van der Waals surface area contributed by atoms with Crippen molar-refractivity contribution < 1.29 is 8.78 Å². The first kappa shape index (κ1) is 24.5. The lowest BCUT2D eigenvalue weighted by molar-refractivity contribution is 0.589. The summed E-state index contributed by atoms with van der Waals surface area (Å²) in [6.45, 7) is 7.59. The molecule has 0 bridgehead atoms. The molecule has 7 rings (SSSR count). The van der Waals surface area contributed by atoms with Crippen LogP contribution in [0.5, 0.6) is 0 Å². The van der Waals surface area contributed by atoms with E-state index in [-0.39, 0.29) is 16.7 Å². The van der Waals surface area contributed by atoms with Gasteiger partial charge >= 0.3 is 0 Å². The summed E-state index contributed by atoms with van der Waals surface area (Å²) in [6.07, 6.45) is 0. The van der Waals surface area contributed by atoms with Gasteiger partial charge in [0, 0.05) is 27.3 Å². The van der Waals surface area contributed by atoms with Crippen molar-refractivity contribution in [1.29, 1.82) is 5.26 Å². The van der Waals surface area contributed by atoms with Crippen LogP contribution in [-0.2, 0) is 0 Å². The highest BCUT2D eigenvalue weighted by molar-refractivity contribution is 7.00. The van der Waals surface area contributed by atoms with Gasteiger partial charge in [-0.3, -0.25) is 0 Å². The first-order valence-electron chi connectivity index (χ1n) is 12.5. The molecule has 0 N–H and O–H groups in total. The highest BCUT2D eigenvalue weighted by Crippen LogP contribution is 2.43. The number of pyridine rings is 1. The Bertz CT molecular complexity index is 2240. The Balaban J connectivity index is 1.61. The molecule has 0 saturated heterocycles. The molecule has 7 aromatic rings. The second kappa shape index (κ2) is 9.56. The van der Waals surface area contributed by atoms with Crippen molar-refractivity contribution in [3.63, 3.8) is 0 Å². The van der Waals surface area contributed by atoms with Crippen LogP contribution >= 0.6 is 11.7 Å². The van der Waals surface area contributed by atoms with E-state index >= 15 is 8.78 Å². The van der Waals surface area contributed by atoms with Gasteiger partial charge < -0.3 is 0 Å². The molecule has 8 heteroatoms. The summed E-state index contributed by atoms with van der Waals surface area (Å²) < 4.78 is 39.6. The van der Waals surface area contributed by atoms with Crippen LogP contribution < -0.4 is 0 Å². The fourth-order valence-electron chi connectivity index (χ4n) is 5.30. The second-order valence-electron chi connectivity index (χ2n) is 9.42. The minimum atomic E-state index is -0.853. The quantitative estimate of drug-likeness (QED) is 0.162. The zero-order valence-electron chi connectivity index (χ0n) is 21.1. The molecule has 0 atom stereocenters. The molecule has 2 aromatic heterocycles. The standard InChI is InChI=1S/C33H15F2N5S/c1-37-27-10-6-5-9-21(27)20-11-12-22-28(15-20)38-31(19-7-3-2-4-8-19)23-16-24(32-33(29(22)23)40-41-39-32)30-25(34)13-18(17-36)14-26(30)35/h2-16H. The average molecular weight is 552 g/mol. The summed E-state index contributed by atoms with van der Waals surface area (Å²) in [4.78, 5) is 8.73. The summed E-state index contributed by atoms with van der Waals surface area (Å²) >= 11 is 0.960. The number of nitriles is 1. The fourth-order valence-corrected chi connectivity index (χ4v) is 5.87. The molecular formula is C33H15F2N5S.